The fraction of sp³-hybridized carbons (Fsp3) is 0.500. The molecule has 0 bridgehead atoms. The molecule has 1 saturated heterocycles. The fourth-order valence-corrected chi connectivity index (χ4v) is 4.70. The Balaban J connectivity index is 1.70. The highest BCUT2D eigenvalue weighted by Crippen LogP contribution is 2.21. The molecule has 2 aromatic rings. The van der Waals surface area contributed by atoms with E-state index in [2.05, 4.69) is 15.6 Å². The highest BCUT2D eigenvalue weighted by molar-refractivity contribution is 5.95. The predicted molar refractivity (Wildman–Crippen MR) is 138 cm³/mol. The zero-order valence-electron chi connectivity index (χ0n) is 21.5. The van der Waals surface area contributed by atoms with Gasteiger partial charge in [0.25, 0.3) is 0 Å². The highest BCUT2D eigenvalue weighted by atomic mass is 16.4. The van der Waals surface area contributed by atoms with Gasteiger partial charge in [-0.15, -0.1) is 0 Å². The van der Waals surface area contributed by atoms with E-state index in [4.69, 9.17) is 10.8 Å². The number of aliphatic carboxylic acids is 2. The Hall–Kier alpha value is -3.93. The second-order valence-corrected chi connectivity index (χ2v) is 9.92. The zero-order valence-corrected chi connectivity index (χ0v) is 21.5. The van der Waals surface area contributed by atoms with Crippen LogP contribution in [0.25, 0.3) is 10.9 Å². The third-order valence-corrected chi connectivity index (χ3v) is 6.78. The standard InChI is InChI=1S/C26H35N5O7/c1-14(2)22(30-23(34)17(27)12-15-13-28-18-7-4-3-6-16(15)18)24(35)29-19(9-10-21(32)33)25(36)31-11-5-8-20(31)26(37)38/h3-4,6-7,13-14,17,19-20,22,28H,5,8-12,27H2,1-2H3,(H,29,35)(H,30,34)(H,32,33)(H,37,38). The molecule has 1 aromatic carbocycles. The van der Waals surface area contributed by atoms with Crippen LogP contribution >= 0.6 is 0 Å². The summed E-state index contributed by atoms with van der Waals surface area (Å²) < 4.78 is 0. The van der Waals surface area contributed by atoms with Crippen LogP contribution in [0.15, 0.2) is 30.5 Å². The molecule has 2 heterocycles. The first-order chi connectivity index (χ1) is 18.0. The molecule has 1 fully saturated rings. The molecule has 38 heavy (non-hydrogen) atoms. The number of aromatic amines is 1. The number of rotatable bonds is 12. The lowest BCUT2D eigenvalue weighted by atomic mass is 10.00. The maximum atomic E-state index is 13.2. The van der Waals surface area contributed by atoms with E-state index in [1.165, 1.54) is 0 Å². The molecule has 4 unspecified atom stereocenters. The molecular formula is C26H35N5O7. The SMILES string of the molecule is CC(C)C(NC(=O)C(N)Cc1c[nH]c2ccccc12)C(=O)NC(CCC(=O)O)C(=O)N1CCCC1C(=O)O. The number of benzene rings is 1. The quantitative estimate of drug-likeness (QED) is 0.230. The van der Waals surface area contributed by atoms with Crippen molar-refractivity contribution in [2.45, 2.75) is 70.1 Å². The normalized spacial score (nSPS) is 17.7. The Kier molecular flexibility index (Phi) is 9.45. The van der Waals surface area contributed by atoms with Crippen LogP contribution in [0, 0.1) is 5.92 Å². The van der Waals surface area contributed by atoms with E-state index in [0.717, 1.165) is 21.4 Å². The van der Waals surface area contributed by atoms with E-state index in [1.54, 1.807) is 20.0 Å². The molecule has 0 spiro atoms. The fourth-order valence-electron chi connectivity index (χ4n) is 4.70. The van der Waals surface area contributed by atoms with Gasteiger partial charge >= 0.3 is 11.9 Å². The minimum absolute atomic E-state index is 0.197. The summed E-state index contributed by atoms with van der Waals surface area (Å²) in [6.45, 7) is 3.62. The summed E-state index contributed by atoms with van der Waals surface area (Å²) in [6, 6.07) is 3.31. The van der Waals surface area contributed by atoms with E-state index in [1.807, 2.05) is 24.3 Å². The van der Waals surface area contributed by atoms with Crippen molar-refractivity contribution in [2.24, 2.45) is 11.7 Å². The summed E-state index contributed by atoms with van der Waals surface area (Å²) in [6.07, 6.45) is 2.15. The van der Waals surface area contributed by atoms with Crippen LogP contribution in [0.1, 0.15) is 45.1 Å². The van der Waals surface area contributed by atoms with Crippen molar-refractivity contribution in [3.63, 3.8) is 0 Å². The lowest BCUT2D eigenvalue weighted by Gasteiger charge is -2.29. The number of nitrogens with zero attached hydrogens (tertiary/aromatic N) is 1. The van der Waals surface area contributed by atoms with Gasteiger partial charge in [-0.3, -0.25) is 19.2 Å². The topological polar surface area (TPSA) is 195 Å². The van der Waals surface area contributed by atoms with Crippen molar-refractivity contribution in [3.05, 3.63) is 36.0 Å². The number of hydrogen-bond donors (Lipinski definition) is 6. The van der Waals surface area contributed by atoms with Gasteiger partial charge in [-0.2, -0.15) is 0 Å². The number of carbonyl (C=O) groups is 5. The first-order valence-corrected chi connectivity index (χ1v) is 12.7. The van der Waals surface area contributed by atoms with Crippen molar-refractivity contribution < 1.29 is 34.2 Å². The summed E-state index contributed by atoms with van der Waals surface area (Å²) in [5.41, 5.74) is 7.93. The number of carboxylic acids is 2. The number of carboxylic acid groups (broad SMARTS) is 2. The molecular weight excluding hydrogens is 494 g/mol. The van der Waals surface area contributed by atoms with E-state index in [9.17, 15) is 29.1 Å². The smallest absolute Gasteiger partial charge is 0.326 e. The van der Waals surface area contributed by atoms with Gasteiger partial charge < -0.3 is 36.5 Å². The number of fused-ring (bicyclic) bond motifs is 1. The Morgan fingerprint density at radius 2 is 1.82 bits per heavy atom. The van der Waals surface area contributed by atoms with Gasteiger partial charge in [0.1, 0.15) is 18.1 Å². The van der Waals surface area contributed by atoms with Gasteiger partial charge in [0.2, 0.25) is 17.7 Å². The zero-order chi connectivity index (χ0) is 28.0. The molecule has 12 heteroatoms. The first-order valence-electron chi connectivity index (χ1n) is 12.7. The summed E-state index contributed by atoms with van der Waals surface area (Å²) in [7, 11) is 0. The minimum Gasteiger partial charge on any atom is -0.481 e. The maximum absolute atomic E-state index is 13.2. The van der Waals surface area contributed by atoms with Crippen LogP contribution in [0.2, 0.25) is 0 Å². The Labute approximate surface area is 219 Å². The molecule has 206 valence electrons. The first kappa shape index (κ1) is 28.6. The van der Waals surface area contributed by atoms with Crippen molar-refractivity contribution in [3.8, 4) is 0 Å². The van der Waals surface area contributed by atoms with Crippen molar-refractivity contribution in [1.82, 2.24) is 20.5 Å². The summed E-state index contributed by atoms with van der Waals surface area (Å²) in [5, 5.41) is 24.7. The number of likely N-dealkylation sites (tertiary alicyclic amines) is 1. The summed E-state index contributed by atoms with van der Waals surface area (Å²) in [4.78, 5) is 66.3. The van der Waals surface area contributed by atoms with Crippen LogP contribution < -0.4 is 16.4 Å². The molecule has 4 atom stereocenters. The summed E-state index contributed by atoms with van der Waals surface area (Å²) in [5.74, 6) is -4.59. The average Bonchev–Trinajstić information content (AvgIpc) is 3.52. The van der Waals surface area contributed by atoms with Crippen molar-refractivity contribution in [2.75, 3.05) is 6.54 Å². The number of amides is 3. The third-order valence-electron chi connectivity index (χ3n) is 6.78. The Morgan fingerprint density at radius 1 is 1.11 bits per heavy atom. The molecule has 3 rings (SSSR count). The predicted octanol–water partition coefficient (Wildman–Crippen LogP) is 0.604. The number of H-pyrrole nitrogens is 1. The molecule has 0 radical (unpaired) electrons. The second-order valence-electron chi connectivity index (χ2n) is 9.92. The van der Waals surface area contributed by atoms with Crippen LogP contribution in [0.4, 0.5) is 0 Å². The van der Waals surface area contributed by atoms with E-state index < -0.39 is 60.2 Å². The number of para-hydroxylation sites is 1. The number of aromatic nitrogens is 1. The van der Waals surface area contributed by atoms with Crippen molar-refractivity contribution >= 4 is 40.6 Å². The van der Waals surface area contributed by atoms with Gasteiger partial charge in [0.05, 0.1) is 6.04 Å². The lowest BCUT2D eigenvalue weighted by molar-refractivity contribution is -0.150. The molecule has 1 aromatic heterocycles. The van der Waals surface area contributed by atoms with E-state index in [0.29, 0.717) is 6.42 Å². The average molecular weight is 530 g/mol. The number of nitrogens with two attached hydrogens (primary N) is 1. The van der Waals surface area contributed by atoms with Gasteiger partial charge in [0, 0.05) is 30.1 Å². The molecule has 0 aliphatic carbocycles. The number of carbonyl (C=O) groups excluding carboxylic acids is 3. The van der Waals surface area contributed by atoms with Crippen LogP contribution in [0.3, 0.4) is 0 Å². The molecule has 1 aliphatic heterocycles. The number of nitrogens with one attached hydrogen (secondary N) is 3. The lowest BCUT2D eigenvalue weighted by Crippen LogP contribution is -2.58. The molecule has 7 N–H and O–H groups in total. The third kappa shape index (κ3) is 6.88. The van der Waals surface area contributed by atoms with Crippen LogP contribution in [0.5, 0.6) is 0 Å². The van der Waals surface area contributed by atoms with Gasteiger partial charge in [-0.1, -0.05) is 32.0 Å². The van der Waals surface area contributed by atoms with Gasteiger partial charge in [0.15, 0.2) is 0 Å². The molecule has 0 saturated carbocycles. The van der Waals surface area contributed by atoms with Crippen LogP contribution in [-0.2, 0) is 30.4 Å². The largest absolute Gasteiger partial charge is 0.481 e. The van der Waals surface area contributed by atoms with E-state index in [-0.39, 0.29) is 31.7 Å². The van der Waals surface area contributed by atoms with Gasteiger partial charge in [-0.05, 0) is 43.2 Å². The molecule has 1 aliphatic rings. The highest BCUT2D eigenvalue weighted by Gasteiger charge is 2.38. The van der Waals surface area contributed by atoms with E-state index >= 15 is 0 Å². The Bertz CT molecular complexity index is 1190. The van der Waals surface area contributed by atoms with Gasteiger partial charge in [-0.25, -0.2) is 4.79 Å². The second kappa shape index (κ2) is 12.5. The minimum atomic E-state index is -1.25. The maximum Gasteiger partial charge on any atom is 0.326 e. The van der Waals surface area contributed by atoms with Crippen molar-refractivity contribution in [1.29, 1.82) is 0 Å². The van der Waals surface area contributed by atoms with Crippen LogP contribution in [-0.4, -0.2) is 80.5 Å². The monoisotopic (exact) mass is 529 g/mol. The number of hydrogen-bond acceptors (Lipinski definition) is 6. The molecule has 3 amide bonds. The summed E-state index contributed by atoms with van der Waals surface area (Å²) >= 11 is 0. The molecule has 12 nitrogen and oxygen atoms in total. The Morgan fingerprint density at radius 3 is 2.47 bits per heavy atom.